The highest BCUT2D eigenvalue weighted by molar-refractivity contribution is 5.90. The van der Waals surface area contributed by atoms with Crippen molar-refractivity contribution < 1.29 is 4.74 Å². The third-order valence-electron chi connectivity index (χ3n) is 7.16. The summed E-state index contributed by atoms with van der Waals surface area (Å²) in [5, 5.41) is 9.00. The number of nitrogens with one attached hydrogen (secondary N) is 3. The van der Waals surface area contributed by atoms with Crippen molar-refractivity contribution in [1.82, 2.24) is 25.1 Å². The van der Waals surface area contributed by atoms with Gasteiger partial charge in [-0.2, -0.15) is 5.10 Å². The minimum atomic E-state index is -0.101. The highest BCUT2D eigenvalue weighted by Crippen LogP contribution is 2.27. The van der Waals surface area contributed by atoms with Crippen molar-refractivity contribution in [2.45, 2.75) is 39.2 Å². The second-order valence-electron chi connectivity index (χ2n) is 9.83. The number of ether oxygens (including phenoxy) is 1. The summed E-state index contributed by atoms with van der Waals surface area (Å²) in [6.45, 7) is 7.52. The molecule has 0 aliphatic rings. The Hall–Kier alpha value is -3.68. The lowest BCUT2D eigenvalue weighted by Gasteiger charge is -2.23. The zero-order valence-corrected chi connectivity index (χ0v) is 21.8. The first-order chi connectivity index (χ1) is 18.0. The van der Waals surface area contributed by atoms with Crippen molar-refractivity contribution in [3.05, 3.63) is 76.8 Å². The molecule has 0 fully saturated rings. The summed E-state index contributed by atoms with van der Waals surface area (Å²) in [4.78, 5) is 22.0. The summed E-state index contributed by atoms with van der Waals surface area (Å²) in [7, 11) is 1.78. The number of aromatic nitrogens is 4. The summed E-state index contributed by atoms with van der Waals surface area (Å²) in [6.07, 6.45) is 7.12. The topological polar surface area (TPSA) is 89.8 Å². The molecule has 0 radical (unpaired) electrons. The van der Waals surface area contributed by atoms with Crippen LogP contribution in [0.5, 0.6) is 0 Å². The fourth-order valence-electron chi connectivity index (χ4n) is 4.90. The smallest absolute Gasteiger partial charge is 0.257 e. The number of hydrogen-bond donors (Lipinski definition) is 3. The maximum Gasteiger partial charge on any atom is 0.257 e. The Morgan fingerprint density at radius 1 is 0.946 bits per heavy atom. The van der Waals surface area contributed by atoms with E-state index in [2.05, 4.69) is 69.2 Å². The molecule has 7 nitrogen and oxygen atoms in total. The fourth-order valence-corrected chi connectivity index (χ4v) is 4.90. The summed E-state index contributed by atoms with van der Waals surface area (Å²) in [6, 6.07) is 16.6. The van der Waals surface area contributed by atoms with Gasteiger partial charge in [-0.25, -0.2) is 0 Å². The maximum atomic E-state index is 13.0. The van der Waals surface area contributed by atoms with E-state index in [1.807, 2.05) is 24.4 Å². The molecule has 3 heterocycles. The van der Waals surface area contributed by atoms with Gasteiger partial charge in [0.15, 0.2) is 0 Å². The number of H-pyrrole nitrogens is 3. The van der Waals surface area contributed by atoms with Gasteiger partial charge in [-0.3, -0.25) is 9.89 Å². The summed E-state index contributed by atoms with van der Waals surface area (Å²) < 4.78 is 5.42. The second kappa shape index (κ2) is 11.2. The predicted molar refractivity (Wildman–Crippen MR) is 151 cm³/mol. The number of hydrogen-bond acceptors (Lipinski definition) is 4. The molecule has 2 aromatic carbocycles. The summed E-state index contributed by atoms with van der Waals surface area (Å²) in [5.74, 6) is 0. The van der Waals surface area contributed by atoms with Crippen LogP contribution in [0.2, 0.25) is 0 Å². The van der Waals surface area contributed by atoms with Gasteiger partial charge >= 0.3 is 0 Å². The van der Waals surface area contributed by atoms with Crippen molar-refractivity contribution >= 4 is 21.8 Å². The summed E-state index contributed by atoms with van der Waals surface area (Å²) in [5.41, 5.74) is 6.57. The lowest BCUT2D eigenvalue weighted by molar-refractivity contribution is 0.0973. The van der Waals surface area contributed by atoms with E-state index in [1.54, 1.807) is 13.3 Å². The molecule has 7 heteroatoms. The van der Waals surface area contributed by atoms with Crippen molar-refractivity contribution in [1.29, 1.82) is 0 Å². The van der Waals surface area contributed by atoms with E-state index in [9.17, 15) is 4.79 Å². The Bertz CT molecular complexity index is 1530. The van der Waals surface area contributed by atoms with Gasteiger partial charge in [0.05, 0.1) is 23.6 Å². The Morgan fingerprint density at radius 3 is 2.54 bits per heavy atom. The van der Waals surface area contributed by atoms with Crippen LogP contribution >= 0.6 is 0 Å². The van der Waals surface area contributed by atoms with Crippen LogP contribution in [0.1, 0.15) is 32.3 Å². The Balaban J connectivity index is 1.37. The normalized spacial score (nSPS) is 12.6. The van der Waals surface area contributed by atoms with Crippen molar-refractivity contribution in [2.75, 3.05) is 26.7 Å². The number of fused-ring (bicyclic) bond motifs is 2. The van der Waals surface area contributed by atoms with Gasteiger partial charge in [-0.15, -0.1) is 0 Å². The predicted octanol–water partition coefficient (Wildman–Crippen LogP) is 5.75. The lowest BCUT2D eigenvalue weighted by Crippen LogP contribution is -2.30. The number of nitrogens with zero attached hydrogens (tertiary/aromatic N) is 2. The van der Waals surface area contributed by atoms with Crippen LogP contribution < -0.4 is 5.56 Å². The van der Waals surface area contributed by atoms with Crippen molar-refractivity contribution in [3.63, 3.8) is 0 Å². The molecule has 192 valence electrons. The number of aromatic amines is 3. The van der Waals surface area contributed by atoms with Gasteiger partial charge in [-0.05, 0) is 85.6 Å². The molecule has 0 aliphatic carbocycles. The quantitative estimate of drug-likeness (QED) is 0.217. The molecule has 3 N–H and O–H groups in total. The first kappa shape index (κ1) is 25.0. The zero-order valence-electron chi connectivity index (χ0n) is 21.8. The molecule has 0 saturated heterocycles. The number of pyridine rings is 1. The third kappa shape index (κ3) is 5.68. The van der Waals surface area contributed by atoms with Crippen LogP contribution in [0.25, 0.3) is 44.2 Å². The molecule has 0 saturated carbocycles. The van der Waals surface area contributed by atoms with Crippen LogP contribution in [0.3, 0.4) is 0 Å². The first-order valence-corrected chi connectivity index (χ1v) is 13.1. The van der Waals surface area contributed by atoms with E-state index in [-0.39, 0.29) is 11.7 Å². The Kier molecular flexibility index (Phi) is 7.53. The second-order valence-corrected chi connectivity index (χ2v) is 9.83. The SMILES string of the molecule is CCCN(CCc1ccc2[nH]c(-c3cc4cc(-c5cn[nH]c5)ccc4[nH]c3=O)cc2c1)CCC(C)OC. The standard InChI is InChI=1S/C30H35N5O2/c1-4-11-35(12-9-20(2)37-3)13-10-21-5-7-27-23(14-21)17-29(33-27)26-16-24-15-22(25-18-31-32-19-25)6-8-28(24)34-30(26)36/h5-8,14-20,33H,4,9-13H2,1-3H3,(H,31,32)(H,34,36). The van der Waals surface area contributed by atoms with Gasteiger partial charge in [0.1, 0.15) is 0 Å². The maximum absolute atomic E-state index is 13.0. The molecule has 0 amide bonds. The highest BCUT2D eigenvalue weighted by Gasteiger charge is 2.12. The van der Waals surface area contributed by atoms with E-state index in [1.165, 1.54) is 5.56 Å². The average molecular weight is 498 g/mol. The minimum absolute atomic E-state index is 0.101. The molecular formula is C30H35N5O2. The molecule has 0 bridgehead atoms. The monoisotopic (exact) mass is 497 g/mol. The van der Waals surface area contributed by atoms with E-state index in [0.717, 1.165) is 77.5 Å². The molecule has 5 aromatic rings. The molecule has 1 unspecified atom stereocenters. The van der Waals surface area contributed by atoms with Gasteiger partial charge < -0.3 is 19.6 Å². The fraction of sp³-hybridized carbons (Fsp3) is 0.333. The minimum Gasteiger partial charge on any atom is -0.382 e. The zero-order chi connectivity index (χ0) is 25.8. The van der Waals surface area contributed by atoms with E-state index in [0.29, 0.717) is 5.56 Å². The molecule has 0 spiro atoms. The van der Waals surface area contributed by atoms with Crippen LogP contribution in [0.4, 0.5) is 0 Å². The number of benzene rings is 2. The number of methoxy groups -OCH3 is 1. The lowest BCUT2D eigenvalue weighted by atomic mass is 10.0. The van der Waals surface area contributed by atoms with Crippen molar-refractivity contribution in [2.24, 2.45) is 0 Å². The molecular weight excluding hydrogens is 462 g/mol. The van der Waals surface area contributed by atoms with Crippen LogP contribution in [0.15, 0.2) is 65.7 Å². The van der Waals surface area contributed by atoms with Gasteiger partial charge in [0, 0.05) is 48.4 Å². The Labute approximate surface area is 216 Å². The van der Waals surface area contributed by atoms with Crippen LogP contribution in [-0.4, -0.2) is 57.9 Å². The van der Waals surface area contributed by atoms with Gasteiger partial charge in [0.25, 0.3) is 5.56 Å². The van der Waals surface area contributed by atoms with Crippen LogP contribution in [0, 0.1) is 0 Å². The third-order valence-corrected chi connectivity index (χ3v) is 7.16. The number of rotatable bonds is 11. The molecule has 1 atom stereocenters. The molecule has 37 heavy (non-hydrogen) atoms. The average Bonchev–Trinajstić information content (AvgIpc) is 3.59. The Morgan fingerprint density at radius 2 is 1.76 bits per heavy atom. The molecule has 0 aliphatic heterocycles. The van der Waals surface area contributed by atoms with Crippen molar-refractivity contribution in [3.8, 4) is 22.4 Å². The first-order valence-electron chi connectivity index (χ1n) is 13.1. The molecule has 5 rings (SSSR count). The van der Waals surface area contributed by atoms with Gasteiger partial charge in [0.2, 0.25) is 0 Å². The van der Waals surface area contributed by atoms with E-state index >= 15 is 0 Å². The van der Waals surface area contributed by atoms with Gasteiger partial charge in [-0.1, -0.05) is 19.1 Å². The van der Waals surface area contributed by atoms with E-state index < -0.39 is 0 Å². The summed E-state index contributed by atoms with van der Waals surface area (Å²) >= 11 is 0. The van der Waals surface area contributed by atoms with Crippen LogP contribution in [-0.2, 0) is 11.2 Å². The molecule has 3 aromatic heterocycles. The largest absolute Gasteiger partial charge is 0.382 e. The van der Waals surface area contributed by atoms with E-state index in [4.69, 9.17) is 4.74 Å². The highest BCUT2D eigenvalue weighted by atomic mass is 16.5.